The van der Waals surface area contributed by atoms with Gasteiger partial charge in [0.1, 0.15) is 5.82 Å². The van der Waals surface area contributed by atoms with E-state index in [9.17, 15) is 0 Å². The van der Waals surface area contributed by atoms with Crippen LogP contribution in [0.2, 0.25) is 0 Å². The highest BCUT2D eigenvalue weighted by Crippen LogP contribution is 2.43. The lowest BCUT2D eigenvalue weighted by Gasteiger charge is -2.34. The van der Waals surface area contributed by atoms with Gasteiger partial charge in [-0.2, -0.15) is 0 Å². The van der Waals surface area contributed by atoms with Crippen molar-refractivity contribution in [1.82, 2.24) is 9.88 Å². The smallest absolute Gasteiger partial charge is 0.129 e. The molecule has 3 unspecified atom stereocenters. The molecule has 2 aromatic rings. The molecule has 2 N–H and O–H groups in total. The van der Waals surface area contributed by atoms with Gasteiger partial charge in [0, 0.05) is 23.7 Å². The van der Waals surface area contributed by atoms with Crippen LogP contribution in [0.1, 0.15) is 36.4 Å². The number of fused-ring (bicyclic) bond motifs is 2. The second-order valence-corrected chi connectivity index (χ2v) is 6.63. The Morgan fingerprint density at radius 1 is 1.18 bits per heavy atom. The summed E-state index contributed by atoms with van der Waals surface area (Å²) in [6.07, 6.45) is 7.01. The van der Waals surface area contributed by atoms with Crippen LogP contribution >= 0.6 is 0 Å². The Hall–Kier alpha value is -1.87. The van der Waals surface area contributed by atoms with Crippen LogP contribution in [0.25, 0.3) is 11.1 Å². The average molecular weight is 292 g/mol. The highest BCUT2D eigenvalue weighted by molar-refractivity contribution is 5.69. The van der Waals surface area contributed by atoms with Gasteiger partial charge in [0.05, 0.1) is 6.20 Å². The lowest BCUT2D eigenvalue weighted by molar-refractivity contribution is 0.182. The van der Waals surface area contributed by atoms with Crippen LogP contribution < -0.4 is 5.73 Å². The molecule has 3 heteroatoms. The molecule has 0 amide bonds. The molecule has 2 aliphatic heterocycles. The Morgan fingerprint density at radius 3 is 2.82 bits per heavy atom. The lowest BCUT2D eigenvalue weighted by atomic mass is 9.88. The Balaban J connectivity index is 1.79. The Labute approximate surface area is 132 Å². The second kappa shape index (κ2) is 5.40. The highest BCUT2D eigenvalue weighted by atomic mass is 15.2. The molecule has 2 fully saturated rings. The standard InChI is InChI=1S/C19H22N3/c1-13-16(15-5-3-2-4-6-15)11-21-19(20)18(13)17-8-7-14-9-10-22(17)12-14/h2-6,14,17H,7-10,12H2,1H3,(H2,20,21). The largest absolute Gasteiger partial charge is 0.383 e. The van der Waals surface area contributed by atoms with Crippen molar-refractivity contribution in [2.45, 2.75) is 32.2 Å². The van der Waals surface area contributed by atoms with Gasteiger partial charge in [-0.3, -0.25) is 4.90 Å². The zero-order valence-corrected chi connectivity index (χ0v) is 13.0. The van der Waals surface area contributed by atoms with E-state index in [0.29, 0.717) is 11.9 Å². The average Bonchev–Trinajstić information content (AvgIpc) is 2.92. The molecule has 113 valence electrons. The first kappa shape index (κ1) is 13.8. The number of benzene rings is 1. The number of piperidine rings is 1. The van der Waals surface area contributed by atoms with Gasteiger partial charge >= 0.3 is 0 Å². The van der Waals surface area contributed by atoms with Crippen molar-refractivity contribution < 1.29 is 0 Å². The van der Waals surface area contributed by atoms with E-state index in [1.165, 1.54) is 49.0 Å². The number of anilines is 1. The summed E-state index contributed by atoms with van der Waals surface area (Å²) in [5.74, 6) is 1.56. The Bertz CT molecular complexity index is 681. The van der Waals surface area contributed by atoms with E-state index in [0.717, 1.165) is 11.5 Å². The van der Waals surface area contributed by atoms with E-state index in [1.54, 1.807) is 0 Å². The molecule has 22 heavy (non-hydrogen) atoms. The fraction of sp³-hybridized carbons (Fsp3) is 0.421. The quantitative estimate of drug-likeness (QED) is 0.919. The lowest BCUT2D eigenvalue weighted by Crippen LogP contribution is -2.31. The predicted octanol–water partition coefficient (Wildman–Crippen LogP) is 3.60. The maximum atomic E-state index is 6.26. The third kappa shape index (κ3) is 2.20. The summed E-state index contributed by atoms with van der Waals surface area (Å²) in [6.45, 7) is 4.60. The van der Waals surface area contributed by atoms with Crippen LogP contribution in [0, 0.1) is 19.0 Å². The second-order valence-electron chi connectivity index (χ2n) is 6.63. The van der Waals surface area contributed by atoms with Crippen molar-refractivity contribution in [3.63, 3.8) is 0 Å². The molecule has 1 aromatic carbocycles. The van der Waals surface area contributed by atoms with Crippen molar-refractivity contribution >= 4 is 5.82 Å². The Kier molecular flexibility index (Phi) is 3.38. The molecule has 3 atom stereocenters. The molecule has 4 rings (SSSR count). The number of nitrogens with zero attached hydrogens (tertiary/aromatic N) is 2. The monoisotopic (exact) mass is 292 g/mol. The van der Waals surface area contributed by atoms with Crippen LogP contribution in [0.3, 0.4) is 0 Å². The molecule has 1 radical (unpaired) electrons. The number of rotatable bonds is 2. The molecule has 3 nitrogen and oxygen atoms in total. The molecule has 0 aliphatic carbocycles. The summed E-state index contributed by atoms with van der Waals surface area (Å²) >= 11 is 0. The summed E-state index contributed by atoms with van der Waals surface area (Å²) in [4.78, 5) is 7.00. The summed E-state index contributed by atoms with van der Waals surface area (Å²) < 4.78 is 0. The van der Waals surface area contributed by atoms with Gasteiger partial charge in [-0.05, 0) is 49.8 Å². The summed E-state index contributed by atoms with van der Waals surface area (Å²) in [5.41, 5.74) is 11.0. The maximum Gasteiger partial charge on any atom is 0.129 e. The maximum absolute atomic E-state index is 6.26. The van der Waals surface area contributed by atoms with Gasteiger partial charge in [-0.15, -0.1) is 0 Å². The van der Waals surface area contributed by atoms with E-state index in [-0.39, 0.29) is 0 Å². The van der Waals surface area contributed by atoms with Crippen molar-refractivity contribution in [2.24, 2.45) is 5.92 Å². The predicted molar refractivity (Wildman–Crippen MR) is 89.3 cm³/mol. The van der Waals surface area contributed by atoms with Crippen LogP contribution in [-0.4, -0.2) is 23.0 Å². The fourth-order valence-electron chi connectivity index (χ4n) is 4.18. The van der Waals surface area contributed by atoms with Crippen molar-refractivity contribution in [3.8, 4) is 11.1 Å². The van der Waals surface area contributed by atoms with Gasteiger partial charge in [-0.25, -0.2) is 4.98 Å². The van der Waals surface area contributed by atoms with E-state index in [2.05, 4.69) is 47.3 Å². The van der Waals surface area contributed by atoms with Crippen LogP contribution in [0.4, 0.5) is 5.82 Å². The van der Waals surface area contributed by atoms with Gasteiger partial charge in [0.15, 0.2) is 0 Å². The zero-order chi connectivity index (χ0) is 15.1. The Morgan fingerprint density at radius 2 is 2.00 bits per heavy atom. The molecule has 2 saturated heterocycles. The van der Waals surface area contributed by atoms with Gasteiger partial charge < -0.3 is 5.73 Å². The number of pyridine rings is 1. The van der Waals surface area contributed by atoms with Crippen molar-refractivity contribution in [1.29, 1.82) is 0 Å². The highest BCUT2D eigenvalue weighted by Gasteiger charge is 2.36. The molecule has 2 bridgehead atoms. The normalized spacial score (nSPS) is 27.0. The minimum Gasteiger partial charge on any atom is -0.383 e. The van der Waals surface area contributed by atoms with Crippen molar-refractivity contribution in [3.05, 3.63) is 47.7 Å². The first-order valence-electron chi connectivity index (χ1n) is 8.21. The molecule has 1 aromatic heterocycles. The summed E-state index contributed by atoms with van der Waals surface area (Å²) in [6, 6.07) is 10.8. The molecular weight excluding hydrogens is 270 g/mol. The first-order valence-corrected chi connectivity index (χ1v) is 8.21. The van der Waals surface area contributed by atoms with Gasteiger partial charge in [-0.1, -0.05) is 30.3 Å². The van der Waals surface area contributed by atoms with Crippen LogP contribution in [0.5, 0.6) is 0 Å². The summed E-state index contributed by atoms with van der Waals surface area (Å²) in [5, 5.41) is 0. The number of aromatic nitrogens is 1. The van der Waals surface area contributed by atoms with E-state index < -0.39 is 0 Å². The van der Waals surface area contributed by atoms with Crippen LogP contribution in [-0.2, 0) is 0 Å². The SMILES string of the molecule is Cc1c(-c2ccccc2)[c]nc(N)c1C1CCC2CCN1C2. The zero-order valence-electron chi connectivity index (χ0n) is 13.0. The molecular formula is C19H22N3. The fourth-order valence-corrected chi connectivity index (χ4v) is 4.18. The molecule has 3 heterocycles. The van der Waals surface area contributed by atoms with E-state index in [1.807, 2.05) is 6.07 Å². The molecule has 0 saturated carbocycles. The van der Waals surface area contributed by atoms with Crippen LogP contribution in [0.15, 0.2) is 30.3 Å². The van der Waals surface area contributed by atoms with Crippen molar-refractivity contribution in [2.75, 3.05) is 18.8 Å². The minimum atomic E-state index is 0.434. The minimum absolute atomic E-state index is 0.434. The van der Waals surface area contributed by atoms with E-state index in [4.69, 9.17) is 5.73 Å². The molecule has 0 spiro atoms. The van der Waals surface area contributed by atoms with Gasteiger partial charge in [0.2, 0.25) is 0 Å². The first-order chi connectivity index (χ1) is 10.7. The molecule has 2 aliphatic rings. The third-order valence-electron chi connectivity index (χ3n) is 5.35. The topological polar surface area (TPSA) is 42.1 Å². The van der Waals surface area contributed by atoms with Gasteiger partial charge in [0.25, 0.3) is 0 Å². The third-order valence-corrected chi connectivity index (χ3v) is 5.35. The van der Waals surface area contributed by atoms with E-state index >= 15 is 0 Å². The summed E-state index contributed by atoms with van der Waals surface area (Å²) in [7, 11) is 0. The number of nitrogen functional groups attached to an aromatic ring is 1. The number of hydrogen-bond donors (Lipinski definition) is 1. The number of hydrogen-bond acceptors (Lipinski definition) is 3. The number of nitrogens with two attached hydrogens (primary N) is 1.